The topological polar surface area (TPSA) is 109 Å². The number of amides is 1. The Hall–Kier alpha value is -4.44. The van der Waals surface area contributed by atoms with E-state index in [9.17, 15) is 9.59 Å². The molecule has 1 saturated heterocycles. The fraction of sp³-hybridized carbons (Fsp3) is 0.222. The maximum atomic E-state index is 13.4. The minimum Gasteiger partial charge on any atom is -0.385 e. The minimum atomic E-state index is -0.303. The molecule has 38 heavy (non-hydrogen) atoms. The first-order chi connectivity index (χ1) is 18.6. The number of nitrogens with zero attached hydrogens (tertiary/aromatic N) is 6. The molecule has 0 unspecified atom stereocenters. The van der Waals surface area contributed by atoms with Crippen LogP contribution in [0.1, 0.15) is 19.3 Å². The smallest absolute Gasteiger partial charge is 0.270 e. The van der Waals surface area contributed by atoms with Crippen molar-refractivity contribution in [3.8, 4) is 5.69 Å². The standard InChI is InChI=1S/C27H25ClN8O2/c28-21-5-1-2-6-22(21)36-25(38)20-17-31-26(33-24(20)35-16-13-30-27(35)36)32-19-10-8-18(9-11-19)29-12-4-15-34-14-3-7-23(34)37/h1-2,5-6,8-11,13,16-17,29H,3-4,7,12,14-15H2,(H,31,32,33). The van der Waals surface area contributed by atoms with Crippen LogP contribution in [0.3, 0.4) is 0 Å². The molecule has 0 bridgehead atoms. The van der Waals surface area contributed by atoms with Crippen LogP contribution in [0, 0.1) is 0 Å². The molecule has 1 aliphatic rings. The number of rotatable bonds is 8. The average molecular weight is 529 g/mol. The number of hydrogen-bond acceptors (Lipinski definition) is 7. The van der Waals surface area contributed by atoms with Crippen molar-refractivity contribution in [2.75, 3.05) is 30.3 Å². The highest BCUT2D eigenvalue weighted by Gasteiger charge is 2.19. The van der Waals surface area contributed by atoms with Crippen molar-refractivity contribution in [2.24, 2.45) is 0 Å². The van der Waals surface area contributed by atoms with Crippen molar-refractivity contribution < 1.29 is 4.79 Å². The molecular formula is C27H25ClN8O2. The number of nitrogens with one attached hydrogen (secondary N) is 2. The lowest BCUT2D eigenvalue weighted by Crippen LogP contribution is -2.26. The quantitative estimate of drug-likeness (QED) is 0.290. The van der Waals surface area contributed by atoms with Crippen molar-refractivity contribution in [2.45, 2.75) is 19.3 Å². The van der Waals surface area contributed by atoms with Crippen molar-refractivity contribution >= 4 is 51.6 Å². The highest BCUT2D eigenvalue weighted by molar-refractivity contribution is 6.32. The van der Waals surface area contributed by atoms with Gasteiger partial charge in [-0.1, -0.05) is 23.7 Å². The Bertz CT molecular complexity index is 1700. The summed E-state index contributed by atoms with van der Waals surface area (Å²) in [7, 11) is 0. The predicted octanol–water partition coefficient (Wildman–Crippen LogP) is 4.25. The van der Waals surface area contributed by atoms with Gasteiger partial charge in [-0.25, -0.2) is 14.5 Å². The molecule has 0 spiro atoms. The van der Waals surface area contributed by atoms with Gasteiger partial charge >= 0.3 is 0 Å². The summed E-state index contributed by atoms with van der Waals surface area (Å²) in [4.78, 5) is 40.5. The zero-order valence-corrected chi connectivity index (χ0v) is 21.2. The van der Waals surface area contributed by atoms with Gasteiger partial charge in [0, 0.05) is 56.0 Å². The Labute approximate surface area is 222 Å². The molecule has 2 aromatic carbocycles. The monoisotopic (exact) mass is 528 g/mol. The summed E-state index contributed by atoms with van der Waals surface area (Å²) in [5, 5.41) is 7.38. The Kier molecular flexibility index (Phi) is 6.38. The van der Waals surface area contributed by atoms with Crippen LogP contribution in [0.5, 0.6) is 0 Å². The van der Waals surface area contributed by atoms with Gasteiger partial charge in [-0.3, -0.25) is 14.0 Å². The van der Waals surface area contributed by atoms with Gasteiger partial charge in [0.15, 0.2) is 5.65 Å². The van der Waals surface area contributed by atoms with E-state index in [0.29, 0.717) is 39.9 Å². The zero-order chi connectivity index (χ0) is 26.1. The normalized spacial score (nSPS) is 13.5. The molecule has 5 aromatic rings. The fourth-order valence-electron chi connectivity index (χ4n) is 4.70. The van der Waals surface area contributed by atoms with E-state index in [2.05, 4.69) is 25.6 Å². The van der Waals surface area contributed by atoms with Crippen LogP contribution in [0.2, 0.25) is 5.02 Å². The average Bonchev–Trinajstić information content (AvgIpc) is 3.58. The molecule has 11 heteroatoms. The van der Waals surface area contributed by atoms with Crippen LogP contribution in [0.4, 0.5) is 17.3 Å². The molecule has 192 valence electrons. The Morgan fingerprint density at radius 1 is 1.00 bits per heavy atom. The molecule has 0 atom stereocenters. The maximum Gasteiger partial charge on any atom is 0.270 e. The number of halogens is 1. The molecule has 3 aromatic heterocycles. The number of carbonyl (C=O) groups excluding carboxylic acids is 1. The van der Waals surface area contributed by atoms with Crippen molar-refractivity contribution in [1.29, 1.82) is 0 Å². The summed E-state index contributed by atoms with van der Waals surface area (Å²) in [6.07, 6.45) is 7.43. The van der Waals surface area contributed by atoms with E-state index in [0.717, 1.165) is 43.9 Å². The van der Waals surface area contributed by atoms with Crippen molar-refractivity contribution in [3.63, 3.8) is 0 Å². The van der Waals surface area contributed by atoms with Crippen LogP contribution < -0.4 is 16.2 Å². The summed E-state index contributed by atoms with van der Waals surface area (Å²) in [6, 6.07) is 14.9. The number of fused-ring (bicyclic) bond motifs is 3. The molecule has 1 amide bonds. The Balaban J connectivity index is 1.20. The van der Waals surface area contributed by atoms with Crippen molar-refractivity contribution in [1.82, 2.24) is 28.8 Å². The van der Waals surface area contributed by atoms with Crippen LogP contribution in [-0.4, -0.2) is 54.4 Å². The molecule has 0 radical (unpaired) electrons. The van der Waals surface area contributed by atoms with Gasteiger partial charge < -0.3 is 15.5 Å². The third kappa shape index (κ3) is 4.54. The lowest BCUT2D eigenvalue weighted by Gasteiger charge is -2.15. The van der Waals surface area contributed by atoms with Gasteiger partial charge in [0.05, 0.1) is 10.7 Å². The van der Waals surface area contributed by atoms with Gasteiger partial charge in [-0.05, 0) is 49.2 Å². The Morgan fingerprint density at radius 2 is 1.82 bits per heavy atom. The van der Waals surface area contributed by atoms with Gasteiger partial charge in [-0.2, -0.15) is 4.98 Å². The summed E-state index contributed by atoms with van der Waals surface area (Å²) in [5.74, 6) is 1.03. The molecule has 4 heterocycles. The van der Waals surface area contributed by atoms with E-state index in [1.807, 2.05) is 41.3 Å². The molecule has 6 rings (SSSR count). The van der Waals surface area contributed by atoms with Crippen LogP contribution in [-0.2, 0) is 4.79 Å². The third-order valence-electron chi connectivity index (χ3n) is 6.59. The van der Waals surface area contributed by atoms with E-state index in [1.54, 1.807) is 28.9 Å². The molecule has 1 fully saturated rings. The van der Waals surface area contributed by atoms with E-state index < -0.39 is 0 Å². The summed E-state index contributed by atoms with van der Waals surface area (Å²) < 4.78 is 3.21. The van der Waals surface area contributed by atoms with Crippen LogP contribution in [0.15, 0.2) is 71.9 Å². The van der Waals surface area contributed by atoms with E-state index in [-0.39, 0.29) is 11.5 Å². The van der Waals surface area contributed by atoms with Gasteiger partial charge in [0.1, 0.15) is 5.39 Å². The molecule has 10 nitrogen and oxygen atoms in total. The van der Waals surface area contributed by atoms with E-state index in [4.69, 9.17) is 11.6 Å². The first-order valence-electron chi connectivity index (χ1n) is 12.5. The molecule has 1 aliphatic heterocycles. The molecule has 2 N–H and O–H groups in total. The highest BCUT2D eigenvalue weighted by atomic mass is 35.5. The number of likely N-dealkylation sites (tertiary alicyclic amines) is 1. The molecular weight excluding hydrogens is 504 g/mol. The minimum absolute atomic E-state index is 0.261. The van der Waals surface area contributed by atoms with Gasteiger partial charge in [0.2, 0.25) is 17.6 Å². The second-order valence-electron chi connectivity index (χ2n) is 9.09. The number of aromatic nitrogens is 5. The Morgan fingerprint density at radius 3 is 2.61 bits per heavy atom. The SMILES string of the molecule is O=C1CCCN1CCCNc1ccc(Nc2ncc3c(=O)n(-c4ccccc4Cl)c4nccn4c3n2)cc1. The predicted molar refractivity (Wildman–Crippen MR) is 148 cm³/mol. The molecule has 0 saturated carbocycles. The maximum absolute atomic E-state index is 13.4. The molecule has 0 aliphatic carbocycles. The van der Waals surface area contributed by atoms with Crippen LogP contribution >= 0.6 is 11.6 Å². The lowest BCUT2D eigenvalue weighted by molar-refractivity contribution is -0.127. The van der Waals surface area contributed by atoms with Gasteiger partial charge in [0.25, 0.3) is 5.56 Å². The third-order valence-corrected chi connectivity index (χ3v) is 6.91. The lowest BCUT2D eigenvalue weighted by atomic mass is 10.2. The fourth-order valence-corrected chi connectivity index (χ4v) is 4.92. The number of anilines is 3. The summed E-state index contributed by atoms with van der Waals surface area (Å²) >= 11 is 6.39. The second kappa shape index (κ2) is 10.1. The number of hydrogen-bond donors (Lipinski definition) is 2. The van der Waals surface area contributed by atoms with Crippen LogP contribution in [0.25, 0.3) is 22.5 Å². The largest absolute Gasteiger partial charge is 0.385 e. The number of benzene rings is 2. The zero-order valence-electron chi connectivity index (χ0n) is 20.5. The summed E-state index contributed by atoms with van der Waals surface area (Å²) in [6.45, 7) is 2.45. The van der Waals surface area contributed by atoms with E-state index >= 15 is 0 Å². The number of imidazole rings is 1. The van der Waals surface area contributed by atoms with E-state index in [1.165, 1.54) is 10.8 Å². The van der Waals surface area contributed by atoms with Crippen molar-refractivity contribution in [3.05, 3.63) is 82.5 Å². The van der Waals surface area contributed by atoms with Gasteiger partial charge in [-0.15, -0.1) is 0 Å². The number of para-hydroxylation sites is 1. The second-order valence-corrected chi connectivity index (χ2v) is 9.49. The number of carbonyl (C=O) groups is 1. The first-order valence-corrected chi connectivity index (χ1v) is 12.8. The summed E-state index contributed by atoms with van der Waals surface area (Å²) in [5.41, 5.74) is 2.48. The highest BCUT2D eigenvalue weighted by Crippen LogP contribution is 2.23. The first kappa shape index (κ1) is 23.9.